The molecule has 0 saturated heterocycles. The summed E-state index contributed by atoms with van der Waals surface area (Å²) in [7, 11) is -4.13. The van der Waals surface area contributed by atoms with E-state index < -0.39 is 19.6 Å². The Balaban J connectivity index is 2.77. The van der Waals surface area contributed by atoms with Crippen molar-refractivity contribution in [3.05, 3.63) is 35.4 Å². The molecule has 0 amide bonds. The lowest BCUT2D eigenvalue weighted by atomic mass is 10.1. The summed E-state index contributed by atoms with van der Waals surface area (Å²) >= 11 is 0. The Morgan fingerprint density at radius 1 is 1.33 bits per heavy atom. The van der Waals surface area contributed by atoms with Gasteiger partial charge >= 0.3 is 13.6 Å². The van der Waals surface area contributed by atoms with Crippen LogP contribution in [0.4, 0.5) is 0 Å². The summed E-state index contributed by atoms with van der Waals surface area (Å²) in [6, 6.07) is 6.06. The molecule has 1 aromatic carbocycles. The molecule has 0 aromatic heterocycles. The molecule has 0 saturated carbocycles. The third-order valence-corrected chi connectivity index (χ3v) is 3.22. The first-order valence-electron chi connectivity index (χ1n) is 5.37. The molecule has 0 aliphatic heterocycles. The van der Waals surface area contributed by atoms with Crippen molar-refractivity contribution in [2.45, 2.75) is 25.7 Å². The van der Waals surface area contributed by atoms with Gasteiger partial charge in [-0.1, -0.05) is 24.3 Å². The van der Waals surface area contributed by atoms with Crippen LogP contribution in [0.25, 0.3) is 0 Å². The van der Waals surface area contributed by atoms with Gasteiger partial charge < -0.3 is 20.2 Å². The van der Waals surface area contributed by atoms with Crippen molar-refractivity contribution in [1.29, 1.82) is 0 Å². The first-order chi connectivity index (χ1) is 8.29. The van der Waals surface area contributed by atoms with Gasteiger partial charge in [0.1, 0.15) is 6.04 Å². The molecular weight excluding hydrogens is 257 g/mol. The van der Waals surface area contributed by atoms with E-state index in [1.54, 1.807) is 24.3 Å². The molecule has 0 aliphatic carbocycles. The normalized spacial score (nSPS) is 13.3. The lowest BCUT2D eigenvalue weighted by Crippen LogP contribution is -2.33. The van der Waals surface area contributed by atoms with Crippen LogP contribution in [0.2, 0.25) is 0 Å². The van der Waals surface area contributed by atoms with Crippen LogP contribution in [-0.4, -0.2) is 26.9 Å². The summed E-state index contributed by atoms with van der Waals surface area (Å²) in [6.45, 7) is 1.76. The number of hydrogen-bond acceptors (Lipinski definition) is 3. The van der Waals surface area contributed by atoms with Crippen LogP contribution in [0.1, 0.15) is 18.1 Å². The molecule has 1 aromatic rings. The molecule has 1 atom stereocenters. The average molecular weight is 273 g/mol. The first kappa shape index (κ1) is 14.9. The zero-order valence-corrected chi connectivity index (χ0v) is 10.8. The highest BCUT2D eigenvalue weighted by Crippen LogP contribution is 2.39. The number of benzene rings is 1. The number of carboxylic acid groups (broad SMARTS) is 1. The molecule has 7 heteroatoms. The summed E-state index contributed by atoms with van der Waals surface area (Å²) in [5, 5.41) is 11.5. The number of rotatable bonds is 6. The molecule has 18 heavy (non-hydrogen) atoms. The van der Waals surface area contributed by atoms with E-state index in [1.807, 2.05) is 0 Å². The molecule has 0 radical (unpaired) electrons. The molecule has 100 valence electrons. The van der Waals surface area contributed by atoms with Crippen LogP contribution < -0.4 is 5.32 Å². The molecule has 0 aliphatic rings. The maximum atomic E-state index is 11.0. The molecule has 4 N–H and O–H groups in total. The van der Waals surface area contributed by atoms with Gasteiger partial charge in [-0.15, -0.1) is 0 Å². The van der Waals surface area contributed by atoms with Crippen LogP contribution in [0.15, 0.2) is 24.3 Å². The van der Waals surface area contributed by atoms with E-state index in [2.05, 4.69) is 5.32 Å². The number of carbonyl (C=O) groups is 1. The second kappa shape index (κ2) is 6.11. The van der Waals surface area contributed by atoms with Gasteiger partial charge in [-0.05, 0) is 18.1 Å². The van der Waals surface area contributed by atoms with E-state index in [9.17, 15) is 9.36 Å². The lowest BCUT2D eigenvalue weighted by molar-refractivity contribution is -0.139. The van der Waals surface area contributed by atoms with Gasteiger partial charge in [0.15, 0.2) is 0 Å². The predicted octanol–water partition coefficient (Wildman–Crippen LogP) is 0.927. The summed E-state index contributed by atoms with van der Waals surface area (Å²) in [5.74, 6) is -0.970. The van der Waals surface area contributed by atoms with Crippen LogP contribution in [0.3, 0.4) is 0 Å². The minimum absolute atomic E-state index is 0.254. The van der Waals surface area contributed by atoms with E-state index in [4.69, 9.17) is 14.9 Å². The first-order valence-corrected chi connectivity index (χ1v) is 7.17. The highest BCUT2D eigenvalue weighted by molar-refractivity contribution is 7.50. The Hall–Kier alpha value is -1.20. The zero-order valence-electron chi connectivity index (χ0n) is 9.91. The molecule has 0 unspecified atom stereocenters. The Morgan fingerprint density at radius 2 is 1.89 bits per heavy atom. The number of nitrogens with one attached hydrogen (secondary N) is 1. The Kier molecular flexibility index (Phi) is 5.04. The molecule has 0 fully saturated rings. The van der Waals surface area contributed by atoms with Gasteiger partial charge in [0, 0.05) is 6.54 Å². The summed E-state index contributed by atoms with van der Waals surface area (Å²) < 4.78 is 11.0. The summed E-state index contributed by atoms with van der Waals surface area (Å²) in [6.07, 6.45) is -0.341. The highest BCUT2D eigenvalue weighted by Gasteiger charge is 2.17. The third-order valence-electron chi connectivity index (χ3n) is 2.46. The van der Waals surface area contributed by atoms with E-state index in [-0.39, 0.29) is 12.7 Å². The predicted molar refractivity (Wildman–Crippen MR) is 66.1 cm³/mol. The monoisotopic (exact) mass is 273 g/mol. The number of hydrogen-bond donors (Lipinski definition) is 4. The fourth-order valence-electron chi connectivity index (χ4n) is 1.46. The molecule has 6 nitrogen and oxygen atoms in total. The molecule has 0 bridgehead atoms. The fourth-order valence-corrected chi connectivity index (χ4v) is 2.21. The zero-order chi connectivity index (χ0) is 13.8. The molecule has 0 heterocycles. The number of carboxylic acids is 1. The largest absolute Gasteiger partial charge is 0.480 e. The molecule has 0 spiro atoms. The maximum absolute atomic E-state index is 11.0. The highest BCUT2D eigenvalue weighted by atomic mass is 31.2. The van der Waals surface area contributed by atoms with E-state index in [0.717, 1.165) is 0 Å². The van der Waals surface area contributed by atoms with Gasteiger partial charge in [0.2, 0.25) is 0 Å². The van der Waals surface area contributed by atoms with Crippen molar-refractivity contribution in [1.82, 2.24) is 5.32 Å². The van der Waals surface area contributed by atoms with Crippen molar-refractivity contribution in [2.24, 2.45) is 0 Å². The SMILES string of the molecule is C[C@H](NCc1ccccc1CP(=O)(O)O)C(=O)O. The third kappa shape index (κ3) is 4.98. The van der Waals surface area contributed by atoms with Crippen molar-refractivity contribution in [3.8, 4) is 0 Å². The molecule has 1 rings (SSSR count). The minimum Gasteiger partial charge on any atom is -0.480 e. The average Bonchev–Trinajstić information content (AvgIpc) is 2.25. The minimum atomic E-state index is -4.13. The quantitative estimate of drug-likeness (QED) is 0.574. The second-order valence-corrected chi connectivity index (χ2v) is 5.68. The summed E-state index contributed by atoms with van der Waals surface area (Å²) in [4.78, 5) is 28.6. The molecular formula is C11H16NO5P. The van der Waals surface area contributed by atoms with E-state index in [0.29, 0.717) is 11.1 Å². The Labute approximate surface area is 105 Å². The van der Waals surface area contributed by atoms with Crippen LogP contribution >= 0.6 is 7.60 Å². The van der Waals surface area contributed by atoms with Crippen molar-refractivity contribution in [3.63, 3.8) is 0 Å². The van der Waals surface area contributed by atoms with Crippen LogP contribution in [0.5, 0.6) is 0 Å². The van der Waals surface area contributed by atoms with E-state index in [1.165, 1.54) is 6.92 Å². The van der Waals surface area contributed by atoms with Gasteiger partial charge in [0.05, 0.1) is 6.16 Å². The van der Waals surface area contributed by atoms with Crippen molar-refractivity contribution in [2.75, 3.05) is 0 Å². The van der Waals surface area contributed by atoms with E-state index >= 15 is 0 Å². The second-order valence-electron chi connectivity index (χ2n) is 4.03. The smallest absolute Gasteiger partial charge is 0.329 e. The standard InChI is InChI=1S/C11H16NO5P/c1-8(11(13)14)12-6-9-4-2-3-5-10(9)7-18(15,16)17/h2-5,8,12H,6-7H2,1H3,(H,13,14)(H2,15,16,17)/t8-/m0/s1. The van der Waals surface area contributed by atoms with Crippen LogP contribution in [-0.2, 0) is 22.1 Å². The maximum Gasteiger partial charge on any atom is 0.329 e. The Morgan fingerprint density at radius 3 is 2.39 bits per heavy atom. The van der Waals surface area contributed by atoms with Crippen molar-refractivity contribution >= 4 is 13.6 Å². The summed E-state index contributed by atoms with van der Waals surface area (Å²) in [5.41, 5.74) is 1.21. The van der Waals surface area contributed by atoms with Gasteiger partial charge in [-0.3, -0.25) is 9.36 Å². The topological polar surface area (TPSA) is 107 Å². The fraction of sp³-hybridized carbons (Fsp3) is 0.364. The Bertz CT molecular complexity index is 470. The van der Waals surface area contributed by atoms with Gasteiger partial charge in [-0.2, -0.15) is 0 Å². The van der Waals surface area contributed by atoms with Crippen LogP contribution in [0, 0.1) is 0 Å². The van der Waals surface area contributed by atoms with Crippen molar-refractivity contribution < 1.29 is 24.3 Å². The van der Waals surface area contributed by atoms with Gasteiger partial charge in [0.25, 0.3) is 0 Å². The lowest BCUT2D eigenvalue weighted by Gasteiger charge is -2.13. The number of aliphatic carboxylic acids is 1. The van der Waals surface area contributed by atoms with Gasteiger partial charge in [-0.25, -0.2) is 0 Å².